The highest BCUT2D eigenvalue weighted by molar-refractivity contribution is 6.30. The first-order chi connectivity index (χ1) is 5.66. The molecule has 0 aromatic carbocycles. The molecule has 1 atom stereocenters. The van der Waals surface area contributed by atoms with Crippen LogP contribution >= 0.6 is 11.6 Å². The van der Waals surface area contributed by atoms with Crippen molar-refractivity contribution in [2.24, 2.45) is 0 Å². The molecule has 0 amide bonds. The predicted molar refractivity (Wildman–Crippen MR) is 49.4 cm³/mol. The minimum absolute atomic E-state index is 0.00574. The second-order valence-electron chi connectivity index (χ2n) is 2.71. The number of aromatic nitrogens is 1. The summed E-state index contributed by atoms with van der Waals surface area (Å²) in [4.78, 5) is 3.99. The van der Waals surface area contributed by atoms with E-state index in [0.29, 0.717) is 5.15 Å². The summed E-state index contributed by atoms with van der Waals surface area (Å²) in [6.07, 6.45) is 1.70. The van der Waals surface area contributed by atoms with Gasteiger partial charge in [0.1, 0.15) is 5.15 Å². The normalized spacial score (nSPS) is 13.0. The van der Waals surface area contributed by atoms with Crippen LogP contribution in [0.4, 0.5) is 0 Å². The third kappa shape index (κ3) is 1.76. The number of hydrogen-bond donors (Lipinski definition) is 0. The summed E-state index contributed by atoms with van der Waals surface area (Å²) in [6.45, 7) is 3.95. The monoisotopic (exact) mass is 185 g/mol. The number of ether oxygens (including phenoxy) is 1. The first-order valence-corrected chi connectivity index (χ1v) is 4.18. The van der Waals surface area contributed by atoms with Gasteiger partial charge in [0.25, 0.3) is 0 Å². The molecule has 12 heavy (non-hydrogen) atoms. The lowest BCUT2D eigenvalue weighted by Crippen LogP contribution is -2.00. The quantitative estimate of drug-likeness (QED) is 0.661. The Labute approximate surface area is 77.5 Å². The lowest BCUT2D eigenvalue weighted by Gasteiger charge is -2.13. The van der Waals surface area contributed by atoms with Crippen molar-refractivity contribution in [3.05, 3.63) is 28.5 Å². The fraction of sp³-hybridized carbons (Fsp3) is 0.444. The second kappa shape index (κ2) is 3.87. The van der Waals surface area contributed by atoms with Crippen LogP contribution in [-0.4, -0.2) is 12.1 Å². The molecule has 0 N–H and O–H groups in total. The van der Waals surface area contributed by atoms with E-state index in [9.17, 15) is 0 Å². The standard InChI is InChI=1S/C9H12ClNO/c1-6-4-5-11-9(10)8(6)7(2)12-3/h4-5,7H,1-3H3. The smallest absolute Gasteiger partial charge is 0.135 e. The molecule has 0 radical (unpaired) electrons. The number of rotatable bonds is 2. The van der Waals surface area contributed by atoms with Gasteiger partial charge in [0, 0.05) is 18.9 Å². The molecule has 0 aliphatic rings. The Balaban J connectivity index is 3.12. The molecule has 0 aliphatic heterocycles. The van der Waals surface area contributed by atoms with Crippen molar-refractivity contribution in [1.82, 2.24) is 4.98 Å². The van der Waals surface area contributed by atoms with Gasteiger partial charge in [-0.3, -0.25) is 0 Å². The summed E-state index contributed by atoms with van der Waals surface area (Å²) in [7, 11) is 1.66. The fourth-order valence-corrected chi connectivity index (χ4v) is 1.50. The molecular formula is C9H12ClNO. The van der Waals surface area contributed by atoms with Crippen LogP contribution < -0.4 is 0 Å². The molecular weight excluding hydrogens is 174 g/mol. The first-order valence-electron chi connectivity index (χ1n) is 3.80. The zero-order chi connectivity index (χ0) is 9.14. The van der Waals surface area contributed by atoms with E-state index in [1.165, 1.54) is 0 Å². The third-order valence-electron chi connectivity index (χ3n) is 1.92. The van der Waals surface area contributed by atoms with Crippen LogP contribution in [0.5, 0.6) is 0 Å². The average molecular weight is 186 g/mol. The van der Waals surface area contributed by atoms with Gasteiger partial charge < -0.3 is 4.74 Å². The van der Waals surface area contributed by atoms with E-state index in [-0.39, 0.29) is 6.10 Å². The SMILES string of the molecule is COC(C)c1c(C)ccnc1Cl. The maximum absolute atomic E-state index is 5.91. The summed E-state index contributed by atoms with van der Waals surface area (Å²) >= 11 is 5.91. The zero-order valence-corrected chi connectivity index (χ0v) is 8.22. The number of nitrogens with zero attached hydrogens (tertiary/aromatic N) is 1. The molecule has 2 nitrogen and oxygen atoms in total. The molecule has 1 aromatic rings. The van der Waals surface area contributed by atoms with Crippen molar-refractivity contribution < 1.29 is 4.74 Å². The van der Waals surface area contributed by atoms with Crippen molar-refractivity contribution in [1.29, 1.82) is 0 Å². The molecule has 1 rings (SSSR count). The first kappa shape index (κ1) is 9.49. The minimum Gasteiger partial charge on any atom is -0.377 e. The highest BCUT2D eigenvalue weighted by Crippen LogP contribution is 2.25. The van der Waals surface area contributed by atoms with E-state index < -0.39 is 0 Å². The van der Waals surface area contributed by atoms with Crippen molar-refractivity contribution in [2.45, 2.75) is 20.0 Å². The number of aryl methyl sites for hydroxylation is 1. The predicted octanol–water partition coefficient (Wildman–Crippen LogP) is 2.75. The Kier molecular flexibility index (Phi) is 3.06. The molecule has 0 bridgehead atoms. The zero-order valence-electron chi connectivity index (χ0n) is 7.47. The van der Waals surface area contributed by atoms with E-state index in [1.807, 2.05) is 19.9 Å². The van der Waals surface area contributed by atoms with E-state index >= 15 is 0 Å². The fourth-order valence-electron chi connectivity index (χ4n) is 1.14. The Bertz CT molecular complexity index is 255. The van der Waals surface area contributed by atoms with Crippen LogP contribution in [0.15, 0.2) is 12.3 Å². The maximum atomic E-state index is 5.91. The topological polar surface area (TPSA) is 22.1 Å². The van der Waals surface area contributed by atoms with Gasteiger partial charge >= 0.3 is 0 Å². The van der Waals surface area contributed by atoms with Gasteiger partial charge in [0.05, 0.1) is 6.10 Å². The third-order valence-corrected chi connectivity index (χ3v) is 2.22. The minimum atomic E-state index is 0.00574. The van der Waals surface area contributed by atoms with Gasteiger partial charge in [0.2, 0.25) is 0 Å². The number of methoxy groups -OCH3 is 1. The second-order valence-corrected chi connectivity index (χ2v) is 3.07. The molecule has 0 saturated heterocycles. The highest BCUT2D eigenvalue weighted by Gasteiger charge is 2.11. The van der Waals surface area contributed by atoms with Gasteiger partial charge in [0.15, 0.2) is 0 Å². The van der Waals surface area contributed by atoms with Crippen LogP contribution in [0, 0.1) is 6.92 Å². The molecule has 66 valence electrons. The van der Waals surface area contributed by atoms with Crippen molar-refractivity contribution in [3.63, 3.8) is 0 Å². The molecule has 1 aromatic heterocycles. The summed E-state index contributed by atoms with van der Waals surface area (Å²) in [6, 6.07) is 1.93. The molecule has 0 saturated carbocycles. The van der Waals surface area contributed by atoms with Gasteiger partial charge in [-0.25, -0.2) is 4.98 Å². The molecule has 0 aliphatic carbocycles. The number of pyridine rings is 1. The summed E-state index contributed by atoms with van der Waals surface area (Å²) in [5, 5.41) is 0.532. The van der Waals surface area contributed by atoms with Crippen LogP contribution in [0.25, 0.3) is 0 Å². The Morgan fingerprint density at radius 1 is 1.58 bits per heavy atom. The largest absolute Gasteiger partial charge is 0.377 e. The van der Waals surface area contributed by atoms with Crippen molar-refractivity contribution in [3.8, 4) is 0 Å². The lowest BCUT2D eigenvalue weighted by atomic mass is 10.1. The van der Waals surface area contributed by atoms with Gasteiger partial charge in [-0.15, -0.1) is 0 Å². The van der Waals surface area contributed by atoms with E-state index in [2.05, 4.69) is 4.98 Å². The molecule has 1 heterocycles. The van der Waals surface area contributed by atoms with Gasteiger partial charge in [-0.1, -0.05) is 11.6 Å². The summed E-state index contributed by atoms with van der Waals surface area (Å²) < 4.78 is 5.17. The average Bonchev–Trinajstić information content (AvgIpc) is 2.03. The van der Waals surface area contributed by atoms with Gasteiger partial charge in [-0.2, -0.15) is 0 Å². The Morgan fingerprint density at radius 2 is 2.25 bits per heavy atom. The highest BCUT2D eigenvalue weighted by atomic mass is 35.5. The Hall–Kier alpha value is -0.600. The molecule has 0 spiro atoms. The molecule has 1 unspecified atom stereocenters. The van der Waals surface area contributed by atoms with E-state index in [0.717, 1.165) is 11.1 Å². The summed E-state index contributed by atoms with van der Waals surface area (Å²) in [5.41, 5.74) is 2.09. The van der Waals surface area contributed by atoms with Gasteiger partial charge in [-0.05, 0) is 25.5 Å². The van der Waals surface area contributed by atoms with Crippen LogP contribution in [0.3, 0.4) is 0 Å². The number of halogens is 1. The van der Waals surface area contributed by atoms with Crippen LogP contribution in [-0.2, 0) is 4.74 Å². The van der Waals surface area contributed by atoms with Crippen LogP contribution in [0.1, 0.15) is 24.2 Å². The van der Waals surface area contributed by atoms with Crippen LogP contribution in [0.2, 0.25) is 5.15 Å². The lowest BCUT2D eigenvalue weighted by molar-refractivity contribution is 0.119. The molecule has 0 fully saturated rings. The Morgan fingerprint density at radius 3 is 2.75 bits per heavy atom. The van der Waals surface area contributed by atoms with E-state index in [1.54, 1.807) is 13.3 Å². The van der Waals surface area contributed by atoms with Crippen molar-refractivity contribution in [2.75, 3.05) is 7.11 Å². The number of hydrogen-bond acceptors (Lipinski definition) is 2. The van der Waals surface area contributed by atoms with E-state index in [4.69, 9.17) is 16.3 Å². The van der Waals surface area contributed by atoms with Crippen molar-refractivity contribution >= 4 is 11.6 Å². The maximum Gasteiger partial charge on any atom is 0.135 e. The summed E-state index contributed by atoms with van der Waals surface area (Å²) in [5.74, 6) is 0. The molecule has 3 heteroatoms.